The van der Waals surface area contributed by atoms with Crippen LogP contribution < -0.4 is 5.56 Å². The Labute approximate surface area is 153 Å². The number of amides is 1. The van der Waals surface area contributed by atoms with Crippen LogP contribution in [0.5, 0.6) is 0 Å². The lowest BCUT2D eigenvalue weighted by molar-refractivity contribution is -0.132. The number of likely N-dealkylation sites (tertiary alicyclic amines) is 1. The zero-order valence-electron chi connectivity index (χ0n) is 15.1. The second kappa shape index (κ2) is 7.48. The van der Waals surface area contributed by atoms with Gasteiger partial charge in [0.15, 0.2) is 0 Å². The SMILES string of the molecule is O=C(CCc1ccc(=O)[nH]c1)N1CCCC(c2ncc3n2CCCC3)C1. The number of carbonyl (C=O) groups is 1. The van der Waals surface area contributed by atoms with Gasteiger partial charge in [-0.1, -0.05) is 6.07 Å². The van der Waals surface area contributed by atoms with Crippen LogP contribution >= 0.6 is 0 Å². The molecule has 2 aromatic heterocycles. The summed E-state index contributed by atoms with van der Waals surface area (Å²) < 4.78 is 2.39. The third-order valence-corrected chi connectivity index (χ3v) is 5.65. The highest BCUT2D eigenvalue weighted by molar-refractivity contribution is 5.76. The van der Waals surface area contributed by atoms with Crippen molar-refractivity contribution in [2.24, 2.45) is 0 Å². The number of pyridine rings is 1. The summed E-state index contributed by atoms with van der Waals surface area (Å²) in [5.41, 5.74) is 2.24. The van der Waals surface area contributed by atoms with Crippen LogP contribution in [0.15, 0.2) is 29.3 Å². The summed E-state index contributed by atoms with van der Waals surface area (Å²) in [6.07, 6.45) is 10.6. The molecule has 0 spiro atoms. The van der Waals surface area contributed by atoms with Crippen LogP contribution in [0.4, 0.5) is 0 Å². The zero-order chi connectivity index (χ0) is 17.9. The highest BCUT2D eigenvalue weighted by Gasteiger charge is 2.28. The number of fused-ring (bicyclic) bond motifs is 1. The van der Waals surface area contributed by atoms with Gasteiger partial charge in [-0.15, -0.1) is 0 Å². The molecule has 1 atom stereocenters. The Bertz CT molecular complexity index is 818. The first-order chi connectivity index (χ1) is 12.7. The molecule has 6 nitrogen and oxygen atoms in total. The summed E-state index contributed by atoms with van der Waals surface area (Å²) in [7, 11) is 0. The highest BCUT2D eigenvalue weighted by Crippen LogP contribution is 2.29. The Morgan fingerprint density at radius 2 is 2.15 bits per heavy atom. The van der Waals surface area contributed by atoms with Crippen LogP contribution in [0.1, 0.15) is 55.1 Å². The number of aromatic nitrogens is 3. The lowest BCUT2D eigenvalue weighted by Gasteiger charge is -2.33. The quantitative estimate of drug-likeness (QED) is 0.915. The van der Waals surface area contributed by atoms with E-state index in [9.17, 15) is 9.59 Å². The molecule has 1 unspecified atom stereocenters. The fourth-order valence-corrected chi connectivity index (χ4v) is 4.21. The maximum absolute atomic E-state index is 12.7. The average molecular weight is 354 g/mol. The first kappa shape index (κ1) is 17.1. The molecule has 0 bridgehead atoms. The monoisotopic (exact) mass is 354 g/mol. The van der Waals surface area contributed by atoms with Crippen molar-refractivity contribution in [1.82, 2.24) is 19.4 Å². The Balaban J connectivity index is 1.38. The second-order valence-corrected chi connectivity index (χ2v) is 7.46. The predicted molar refractivity (Wildman–Crippen MR) is 99.1 cm³/mol. The maximum atomic E-state index is 12.7. The van der Waals surface area contributed by atoms with Gasteiger partial charge in [0.05, 0.1) is 0 Å². The first-order valence-electron chi connectivity index (χ1n) is 9.70. The van der Waals surface area contributed by atoms with Gasteiger partial charge >= 0.3 is 0 Å². The van der Waals surface area contributed by atoms with Crippen molar-refractivity contribution in [2.45, 2.75) is 57.4 Å². The van der Waals surface area contributed by atoms with Gasteiger partial charge in [0.25, 0.3) is 0 Å². The van der Waals surface area contributed by atoms with Crippen LogP contribution in [0.2, 0.25) is 0 Å². The van der Waals surface area contributed by atoms with Crippen LogP contribution in [0.3, 0.4) is 0 Å². The van der Waals surface area contributed by atoms with Gasteiger partial charge in [0, 0.05) is 56.1 Å². The van der Waals surface area contributed by atoms with E-state index in [4.69, 9.17) is 4.98 Å². The van der Waals surface area contributed by atoms with E-state index in [0.29, 0.717) is 18.8 Å². The van der Waals surface area contributed by atoms with E-state index in [2.05, 4.69) is 9.55 Å². The minimum Gasteiger partial charge on any atom is -0.342 e. The summed E-state index contributed by atoms with van der Waals surface area (Å²) in [5, 5.41) is 0. The third-order valence-electron chi connectivity index (χ3n) is 5.65. The van der Waals surface area contributed by atoms with E-state index in [1.54, 1.807) is 12.3 Å². The van der Waals surface area contributed by atoms with Crippen LogP contribution in [-0.2, 0) is 24.2 Å². The molecule has 1 fully saturated rings. The molecule has 0 aliphatic carbocycles. The van der Waals surface area contributed by atoms with Crippen LogP contribution in [0.25, 0.3) is 0 Å². The van der Waals surface area contributed by atoms with E-state index >= 15 is 0 Å². The molecule has 26 heavy (non-hydrogen) atoms. The second-order valence-electron chi connectivity index (χ2n) is 7.46. The summed E-state index contributed by atoms with van der Waals surface area (Å²) in [4.78, 5) is 33.2. The molecule has 2 aliphatic heterocycles. The van der Waals surface area contributed by atoms with Crippen molar-refractivity contribution in [2.75, 3.05) is 13.1 Å². The third kappa shape index (κ3) is 3.59. The zero-order valence-corrected chi connectivity index (χ0v) is 15.1. The van der Waals surface area contributed by atoms with Crippen LogP contribution in [0, 0.1) is 0 Å². The number of aryl methyl sites for hydroxylation is 2. The molecule has 1 saturated heterocycles. The number of nitrogens with zero attached hydrogens (tertiary/aromatic N) is 3. The van der Waals surface area contributed by atoms with Gasteiger partial charge in [-0.3, -0.25) is 9.59 Å². The number of imidazole rings is 1. The minimum atomic E-state index is -0.109. The van der Waals surface area contributed by atoms with E-state index in [1.165, 1.54) is 30.4 Å². The van der Waals surface area contributed by atoms with Gasteiger partial charge in [-0.25, -0.2) is 4.98 Å². The first-order valence-corrected chi connectivity index (χ1v) is 9.70. The average Bonchev–Trinajstić information content (AvgIpc) is 3.11. The smallest absolute Gasteiger partial charge is 0.247 e. The Kier molecular flexibility index (Phi) is 4.91. The molecule has 138 valence electrons. The molecule has 2 aliphatic rings. The molecule has 1 N–H and O–H groups in total. The van der Waals surface area contributed by atoms with Crippen molar-refractivity contribution in [3.05, 3.63) is 52.0 Å². The van der Waals surface area contributed by atoms with Gasteiger partial charge in [0.2, 0.25) is 11.5 Å². The van der Waals surface area contributed by atoms with Crippen LogP contribution in [-0.4, -0.2) is 38.4 Å². The van der Waals surface area contributed by atoms with Gasteiger partial charge < -0.3 is 14.5 Å². The lowest BCUT2D eigenvalue weighted by atomic mass is 9.96. The van der Waals surface area contributed by atoms with Crippen molar-refractivity contribution in [3.8, 4) is 0 Å². The predicted octanol–water partition coefficient (Wildman–Crippen LogP) is 2.25. The maximum Gasteiger partial charge on any atom is 0.247 e. The molecule has 2 aromatic rings. The molecule has 4 heterocycles. The summed E-state index contributed by atoms with van der Waals surface area (Å²) in [5.74, 6) is 1.73. The molecule has 0 saturated carbocycles. The fraction of sp³-hybridized carbons (Fsp3) is 0.550. The number of hydrogen-bond acceptors (Lipinski definition) is 3. The number of carbonyl (C=O) groups excluding carboxylic acids is 1. The van der Waals surface area contributed by atoms with Crippen molar-refractivity contribution in [1.29, 1.82) is 0 Å². The minimum absolute atomic E-state index is 0.109. The number of aromatic amines is 1. The van der Waals surface area contributed by atoms with E-state index in [-0.39, 0.29) is 11.5 Å². The van der Waals surface area contributed by atoms with E-state index in [0.717, 1.165) is 44.5 Å². The lowest BCUT2D eigenvalue weighted by Crippen LogP contribution is -2.40. The number of piperidine rings is 1. The summed E-state index contributed by atoms with van der Waals surface area (Å²) in [6.45, 7) is 2.69. The number of nitrogens with one attached hydrogen (secondary N) is 1. The Hall–Kier alpha value is -2.37. The molecular formula is C20H26N4O2. The van der Waals surface area contributed by atoms with Gasteiger partial charge in [-0.2, -0.15) is 0 Å². The fourth-order valence-electron chi connectivity index (χ4n) is 4.21. The van der Waals surface area contributed by atoms with E-state index in [1.807, 2.05) is 11.1 Å². The van der Waals surface area contributed by atoms with Gasteiger partial charge in [-0.05, 0) is 44.1 Å². The molecule has 1 amide bonds. The number of hydrogen-bond donors (Lipinski definition) is 1. The summed E-state index contributed by atoms with van der Waals surface area (Å²) in [6, 6.07) is 3.31. The number of rotatable bonds is 4. The van der Waals surface area contributed by atoms with Crippen molar-refractivity contribution in [3.63, 3.8) is 0 Å². The van der Waals surface area contributed by atoms with E-state index < -0.39 is 0 Å². The largest absolute Gasteiger partial charge is 0.342 e. The van der Waals surface area contributed by atoms with Crippen molar-refractivity contribution >= 4 is 5.91 Å². The molecular weight excluding hydrogens is 328 g/mol. The van der Waals surface area contributed by atoms with Crippen molar-refractivity contribution < 1.29 is 4.79 Å². The molecule has 0 aromatic carbocycles. The topological polar surface area (TPSA) is 71.0 Å². The standard InChI is InChI=1S/C20H26N4O2/c25-18-8-6-15(12-21-18)7-9-19(26)23-10-3-4-16(14-23)20-22-13-17-5-1-2-11-24(17)20/h6,8,12-13,16H,1-5,7,9-11,14H2,(H,21,25). The Morgan fingerprint density at radius 1 is 1.23 bits per heavy atom. The van der Waals surface area contributed by atoms with Gasteiger partial charge in [0.1, 0.15) is 5.82 Å². The number of H-pyrrole nitrogens is 1. The molecule has 6 heteroatoms. The molecule has 0 radical (unpaired) electrons. The Morgan fingerprint density at radius 3 is 3.00 bits per heavy atom. The normalized spacial score (nSPS) is 20.0. The highest BCUT2D eigenvalue weighted by atomic mass is 16.2. The molecule has 4 rings (SSSR count). The summed E-state index contributed by atoms with van der Waals surface area (Å²) >= 11 is 0.